The van der Waals surface area contributed by atoms with Gasteiger partial charge < -0.3 is 20.5 Å². The number of alkyl halides is 2. The number of amides is 2. The van der Waals surface area contributed by atoms with Crippen LogP contribution in [0.25, 0.3) is 11.1 Å². The van der Waals surface area contributed by atoms with Gasteiger partial charge in [0.1, 0.15) is 18.7 Å². The number of aliphatic carboxylic acids is 1. The summed E-state index contributed by atoms with van der Waals surface area (Å²) >= 11 is 0. The third-order valence-electron chi connectivity index (χ3n) is 5.76. The van der Waals surface area contributed by atoms with Gasteiger partial charge in [0.15, 0.2) is 0 Å². The number of fused-ring (bicyclic) bond motifs is 3. The summed E-state index contributed by atoms with van der Waals surface area (Å²) in [5.41, 5.74) is 3.32. The normalized spacial score (nSPS) is 14.6. The topological polar surface area (TPSA) is 105 Å². The highest BCUT2D eigenvalue weighted by Gasteiger charge is 2.37. The molecule has 2 aromatic rings. The highest BCUT2D eigenvalue weighted by atomic mass is 19.3. The maximum absolute atomic E-state index is 13.2. The molecule has 7 nitrogen and oxygen atoms in total. The first-order valence-corrected chi connectivity index (χ1v) is 10.9. The van der Waals surface area contributed by atoms with Gasteiger partial charge in [0.2, 0.25) is 5.91 Å². The molecule has 0 spiro atoms. The van der Waals surface area contributed by atoms with Crippen LogP contribution in [0.5, 0.6) is 0 Å². The monoisotopic (exact) mass is 474 g/mol. The maximum atomic E-state index is 13.2. The van der Waals surface area contributed by atoms with E-state index in [9.17, 15) is 23.2 Å². The number of benzene rings is 2. The number of halogens is 2. The van der Waals surface area contributed by atoms with Gasteiger partial charge in [-0.25, -0.2) is 13.6 Å². The zero-order chi connectivity index (χ0) is 25.0. The summed E-state index contributed by atoms with van der Waals surface area (Å²) in [6.07, 6.45) is -4.88. The van der Waals surface area contributed by atoms with Crippen LogP contribution in [-0.2, 0) is 14.3 Å². The first-order chi connectivity index (χ1) is 16.0. The molecule has 3 rings (SSSR count). The molecule has 1 aliphatic rings. The largest absolute Gasteiger partial charge is 0.481 e. The molecule has 0 radical (unpaired) electrons. The van der Waals surface area contributed by atoms with Crippen LogP contribution in [0.1, 0.15) is 44.2 Å². The number of alkyl carbamates (subject to hydrolysis) is 1. The van der Waals surface area contributed by atoms with E-state index in [1.165, 1.54) is 0 Å². The quantitative estimate of drug-likeness (QED) is 0.533. The lowest BCUT2D eigenvalue weighted by atomic mass is 9.86. The third-order valence-corrected chi connectivity index (χ3v) is 5.76. The Morgan fingerprint density at radius 1 is 0.971 bits per heavy atom. The van der Waals surface area contributed by atoms with Crippen molar-refractivity contribution in [2.45, 2.75) is 51.6 Å². The summed E-state index contributed by atoms with van der Waals surface area (Å²) in [6, 6.07) is 12.6. The van der Waals surface area contributed by atoms with Crippen LogP contribution < -0.4 is 10.6 Å². The van der Waals surface area contributed by atoms with Crippen LogP contribution in [0, 0.1) is 5.41 Å². The van der Waals surface area contributed by atoms with Crippen molar-refractivity contribution in [1.29, 1.82) is 0 Å². The molecule has 0 fully saturated rings. The number of hydrogen-bond acceptors (Lipinski definition) is 4. The van der Waals surface area contributed by atoms with Crippen molar-refractivity contribution in [2.24, 2.45) is 5.41 Å². The third kappa shape index (κ3) is 5.70. The predicted octanol–water partition coefficient (Wildman–Crippen LogP) is 4.16. The molecule has 0 aliphatic heterocycles. The van der Waals surface area contributed by atoms with Crippen molar-refractivity contribution >= 4 is 18.0 Å². The Balaban J connectivity index is 1.69. The first kappa shape index (κ1) is 25.1. The molecule has 0 saturated heterocycles. The van der Waals surface area contributed by atoms with Gasteiger partial charge in [-0.3, -0.25) is 9.59 Å². The van der Waals surface area contributed by atoms with Gasteiger partial charge in [-0.1, -0.05) is 69.3 Å². The zero-order valence-corrected chi connectivity index (χ0v) is 19.2. The lowest BCUT2D eigenvalue weighted by Gasteiger charge is -2.31. The maximum Gasteiger partial charge on any atom is 0.407 e. The number of rotatable bonds is 8. The number of hydrogen-bond donors (Lipinski definition) is 3. The summed E-state index contributed by atoms with van der Waals surface area (Å²) in [6.45, 7) is 4.97. The molecular formula is C25H28F2N2O5. The number of ether oxygens (including phenoxy) is 1. The highest BCUT2D eigenvalue weighted by Crippen LogP contribution is 2.44. The summed E-state index contributed by atoms with van der Waals surface area (Å²) in [4.78, 5) is 36.2. The molecule has 2 aromatic carbocycles. The van der Waals surface area contributed by atoms with Crippen molar-refractivity contribution in [1.82, 2.24) is 10.6 Å². The van der Waals surface area contributed by atoms with Gasteiger partial charge in [-0.05, 0) is 27.7 Å². The molecule has 0 saturated carbocycles. The molecule has 2 unspecified atom stereocenters. The molecule has 2 amide bonds. The summed E-state index contributed by atoms with van der Waals surface area (Å²) < 4.78 is 31.8. The minimum atomic E-state index is -3.07. The lowest BCUT2D eigenvalue weighted by molar-refractivity contribution is -0.139. The van der Waals surface area contributed by atoms with E-state index >= 15 is 0 Å². The van der Waals surface area contributed by atoms with E-state index in [4.69, 9.17) is 9.84 Å². The van der Waals surface area contributed by atoms with E-state index in [-0.39, 0.29) is 12.5 Å². The minimum Gasteiger partial charge on any atom is -0.481 e. The predicted molar refractivity (Wildman–Crippen MR) is 122 cm³/mol. The SMILES string of the molecule is CC(C)(C)C(NC(=O)OCC1c2ccccc2-c2ccccc21)C(=O)NC(CC(=O)O)C(F)F. The van der Waals surface area contributed by atoms with E-state index in [0.717, 1.165) is 22.3 Å². The molecule has 2 atom stereocenters. The fourth-order valence-corrected chi connectivity index (χ4v) is 4.09. The minimum absolute atomic E-state index is 0.0248. The van der Waals surface area contributed by atoms with Crippen molar-refractivity contribution < 1.29 is 33.0 Å². The number of nitrogens with one attached hydrogen (secondary N) is 2. The van der Waals surface area contributed by atoms with Crippen LogP contribution in [-0.4, -0.2) is 48.2 Å². The zero-order valence-electron chi connectivity index (χ0n) is 19.2. The standard InChI is InChI=1S/C25H28F2N2O5/c1-25(2,3)21(23(32)28-19(22(26)27)12-20(30)31)29-24(33)34-13-18-16-10-6-4-8-14(16)15-9-5-7-11-17(15)18/h4-11,18-19,21-22H,12-13H2,1-3H3,(H,28,32)(H,29,33)(H,30,31). The highest BCUT2D eigenvalue weighted by molar-refractivity contribution is 5.87. The number of carboxylic acids is 1. The number of carboxylic acid groups (broad SMARTS) is 1. The molecular weight excluding hydrogens is 446 g/mol. The van der Waals surface area contributed by atoms with Gasteiger partial charge in [0.25, 0.3) is 6.43 Å². The molecule has 9 heteroatoms. The van der Waals surface area contributed by atoms with Gasteiger partial charge in [-0.15, -0.1) is 0 Å². The smallest absolute Gasteiger partial charge is 0.407 e. The Bertz CT molecular complexity index is 1020. The van der Waals surface area contributed by atoms with E-state index in [1.807, 2.05) is 53.8 Å². The molecule has 0 bridgehead atoms. The molecule has 1 aliphatic carbocycles. The Morgan fingerprint density at radius 2 is 1.50 bits per heavy atom. The summed E-state index contributed by atoms with van der Waals surface area (Å²) in [5, 5.41) is 13.3. The Morgan fingerprint density at radius 3 is 1.97 bits per heavy atom. The van der Waals surface area contributed by atoms with Crippen molar-refractivity contribution in [3.63, 3.8) is 0 Å². The Hall–Kier alpha value is -3.49. The Labute approximate surface area is 196 Å². The van der Waals surface area contributed by atoms with Crippen LogP contribution in [0.4, 0.5) is 13.6 Å². The molecule has 0 aromatic heterocycles. The second kappa shape index (κ2) is 10.2. The number of carbonyl (C=O) groups excluding carboxylic acids is 2. The van der Waals surface area contributed by atoms with Crippen molar-refractivity contribution in [3.05, 3.63) is 59.7 Å². The fraction of sp³-hybridized carbons (Fsp3) is 0.400. The van der Waals surface area contributed by atoms with Gasteiger partial charge in [-0.2, -0.15) is 0 Å². The van der Waals surface area contributed by atoms with Crippen molar-refractivity contribution in [3.8, 4) is 11.1 Å². The van der Waals surface area contributed by atoms with Crippen LogP contribution in [0.2, 0.25) is 0 Å². The average molecular weight is 475 g/mol. The second-order valence-electron chi connectivity index (χ2n) is 9.32. The molecule has 182 valence electrons. The van der Waals surface area contributed by atoms with Gasteiger partial charge >= 0.3 is 12.1 Å². The Kier molecular flexibility index (Phi) is 7.54. The van der Waals surface area contributed by atoms with Gasteiger partial charge in [0, 0.05) is 5.92 Å². The first-order valence-electron chi connectivity index (χ1n) is 10.9. The van der Waals surface area contributed by atoms with Crippen LogP contribution >= 0.6 is 0 Å². The van der Waals surface area contributed by atoms with E-state index in [0.29, 0.717) is 0 Å². The van der Waals surface area contributed by atoms with Crippen LogP contribution in [0.15, 0.2) is 48.5 Å². The van der Waals surface area contributed by atoms with Crippen LogP contribution in [0.3, 0.4) is 0 Å². The van der Waals surface area contributed by atoms with E-state index in [2.05, 4.69) is 5.32 Å². The molecule has 3 N–H and O–H groups in total. The fourth-order valence-electron chi connectivity index (χ4n) is 4.09. The van der Waals surface area contributed by atoms with E-state index in [1.54, 1.807) is 20.8 Å². The molecule has 34 heavy (non-hydrogen) atoms. The van der Waals surface area contributed by atoms with Crippen molar-refractivity contribution in [2.75, 3.05) is 6.61 Å². The van der Waals surface area contributed by atoms with Gasteiger partial charge in [0.05, 0.1) is 6.42 Å². The lowest BCUT2D eigenvalue weighted by Crippen LogP contribution is -2.56. The summed E-state index contributed by atoms with van der Waals surface area (Å²) in [7, 11) is 0. The van der Waals surface area contributed by atoms with E-state index < -0.39 is 48.3 Å². The molecule has 0 heterocycles. The summed E-state index contributed by atoms with van der Waals surface area (Å²) in [5.74, 6) is -2.56. The number of carbonyl (C=O) groups is 3. The average Bonchev–Trinajstić information content (AvgIpc) is 3.08. The second-order valence-corrected chi connectivity index (χ2v) is 9.32.